The number of thiophene rings is 1. The molecule has 8 nitrogen and oxygen atoms in total. The molecule has 1 amide bonds. The summed E-state index contributed by atoms with van der Waals surface area (Å²) in [5, 5.41) is 3.16. The number of piperazine rings is 1. The van der Waals surface area contributed by atoms with Crippen LogP contribution < -0.4 is 15.1 Å². The fourth-order valence-electron chi connectivity index (χ4n) is 3.20. The Hall–Kier alpha value is -1.97. The molecule has 9 heteroatoms. The van der Waals surface area contributed by atoms with Gasteiger partial charge in [0.15, 0.2) is 0 Å². The van der Waals surface area contributed by atoms with E-state index in [0.717, 1.165) is 44.1 Å². The number of carbonyl (C=O) groups excluding carboxylic acids is 3. The van der Waals surface area contributed by atoms with Crippen LogP contribution in [0.4, 0.5) is 5.00 Å². The van der Waals surface area contributed by atoms with E-state index in [1.165, 1.54) is 9.80 Å². The van der Waals surface area contributed by atoms with Crippen molar-refractivity contribution in [2.24, 2.45) is 0 Å². The predicted molar refractivity (Wildman–Crippen MR) is 106 cm³/mol. The number of quaternary nitrogens is 2. The number of nitrogens with one attached hydrogen (secondary N) is 3. The van der Waals surface area contributed by atoms with E-state index in [1.54, 1.807) is 20.8 Å². The van der Waals surface area contributed by atoms with Gasteiger partial charge in [-0.1, -0.05) is 0 Å². The van der Waals surface area contributed by atoms with Crippen LogP contribution in [0.1, 0.15) is 45.9 Å². The lowest BCUT2D eigenvalue weighted by Gasteiger charge is -2.27. The highest BCUT2D eigenvalue weighted by Gasteiger charge is 2.28. The number of rotatable bonds is 8. The quantitative estimate of drug-likeness (QED) is 0.483. The maximum Gasteiger partial charge on any atom is 0.348 e. The van der Waals surface area contributed by atoms with Crippen molar-refractivity contribution < 1.29 is 33.7 Å². The topological polar surface area (TPSA) is 90.6 Å². The molecule has 0 aromatic carbocycles. The minimum absolute atomic E-state index is 0.166. The van der Waals surface area contributed by atoms with Crippen LogP contribution in [-0.2, 0) is 14.3 Å². The minimum Gasteiger partial charge on any atom is -0.462 e. The first-order valence-electron chi connectivity index (χ1n) is 9.79. The van der Waals surface area contributed by atoms with Gasteiger partial charge in [0.25, 0.3) is 0 Å². The third kappa shape index (κ3) is 5.76. The maximum atomic E-state index is 12.5. The highest BCUT2D eigenvalue weighted by molar-refractivity contribution is 7.18. The summed E-state index contributed by atoms with van der Waals surface area (Å²) in [6, 6.07) is 0. The molecule has 2 rings (SSSR count). The van der Waals surface area contributed by atoms with E-state index in [-0.39, 0.29) is 24.7 Å². The van der Waals surface area contributed by atoms with Crippen LogP contribution in [0.2, 0.25) is 0 Å². The van der Waals surface area contributed by atoms with Crippen LogP contribution in [0.5, 0.6) is 0 Å². The molecular formula is C19H31N3O5S+2. The first-order chi connectivity index (χ1) is 13.4. The fourth-order valence-corrected chi connectivity index (χ4v) is 4.31. The van der Waals surface area contributed by atoms with Gasteiger partial charge in [0.2, 0.25) is 5.91 Å². The fraction of sp³-hybridized carbons (Fsp3) is 0.632. The molecule has 0 radical (unpaired) electrons. The molecule has 2 heterocycles. The van der Waals surface area contributed by atoms with E-state index >= 15 is 0 Å². The average Bonchev–Trinajstić information content (AvgIpc) is 2.97. The Labute approximate surface area is 169 Å². The predicted octanol–water partition coefficient (Wildman–Crippen LogP) is -0.848. The molecule has 1 aromatic rings. The van der Waals surface area contributed by atoms with E-state index < -0.39 is 11.9 Å². The number of hydrogen-bond donors (Lipinski definition) is 3. The van der Waals surface area contributed by atoms with Gasteiger partial charge in [-0.2, -0.15) is 0 Å². The molecule has 1 aliphatic rings. The Kier molecular flexibility index (Phi) is 8.40. The van der Waals surface area contributed by atoms with E-state index in [2.05, 4.69) is 12.4 Å². The van der Waals surface area contributed by atoms with Gasteiger partial charge in [-0.05, 0) is 26.3 Å². The number of esters is 2. The molecule has 28 heavy (non-hydrogen) atoms. The summed E-state index contributed by atoms with van der Waals surface area (Å²) in [5.74, 6) is -1.21. The number of ether oxygens (including phenoxy) is 2. The van der Waals surface area contributed by atoms with Gasteiger partial charge in [-0.3, -0.25) is 4.79 Å². The largest absolute Gasteiger partial charge is 0.462 e. The molecule has 0 unspecified atom stereocenters. The van der Waals surface area contributed by atoms with E-state index in [9.17, 15) is 14.4 Å². The monoisotopic (exact) mass is 413 g/mol. The molecule has 3 N–H and O–H groups in total. The van der Waals surface area contributed by atoms with Gasteiger partial charge >= 0.3 is 11.9 Å². The van der Waals surface area contributed by atoms with E-state index in [4.69, 9.17) is 9.47 Å². The van der Waals surface area contributed by atoms with Crippen LogP contribution in [0.15, 0.2) is 0 Å². The average molecular weight is 414 g/mol. The molecule has 1 aliphatic heterocycles. The maximum absolute atomic E-state index is 12.5. The third-order valence-corrected chi connectivity index (χ3v) is 6.04. The zero-order valence-electron chi connectivity index (χ0n) is 17.1. The molecule has 1 aromatic heterocycles. The first kappa shape index (κ1) is 22.3. The lowest BCUT2D eigenvalue weighted by molar-refractivity contribution is -1.00. The Morgan fingerprint density at radius 1 is 1.04 bits per heavy atom. The molecule has 0 spiro atoms. The summed E-state index contributed by atoms with van der Waals surface area (Å²) in [4.78, 5) is 40.3. The number of likely N-dealkylation sites (N-methyl/N-ethyl adjacent to an activating group) is 1. The first-order valence-corrected chi connectivity index (χ1v) is 10.6. The van der Waals surface area contributed by atoms with E-state index in [0.29, 0.717) is 21.9 Å². The summed E-state index contributed by atoms with van der Waals surface area (Å²) in [7, 11) is 2.18. The second kappa shape index (κ2) is 10.5. The van der Waals surface area contributed by atoms with Crippen molar-refractivity contribution in [1.82, 2.24) is 0 Å². The van der Waals surface area contributed by atoms with Crippen molar-refractivity contribution in [3.8, 4) is 0 Å². The molecule has 0 saturated carbocycles. The molecule has 0 aliphatic carbocycles. The van der Waals surface area contributed by atoms with Crippen molar-refractivity contribution in [2.75, 3.05) is 58.3 Å². The van der Waals surface area contributed by atoms with Crippen molar-refractivity contribution >= 4 is 34.2 Å². The highest BCUT2D eigenvalue weighted by Crippen LogP contribution is 2.34. The van der Waals surface area contributed by atoms with Gasteiger partial charge in [0.1, 0.15) is 36.1 Å². The van der Waals surface area contributed by atoms with Crippen LogP contribution in [-0.4, -0.2) is 70.8 Å². The normalized spacial score (nSPS) is 19.1. The summed E-state index contributed by atoms with van der Waals surface area (Å²) >= 11 is 1.06. The lowest BCUT2D eigenvalue weighted by Crippen LogP contribution is -3.27. The van der Waals surface area contributed by atoms with Crippen molar-refractivity contribution in [1.29, 1.82) is 0 Å². The number of carbonyl (C=O) groups is 3. The SMILES string of the molecule is CCOC(=O)c1sc(NC(=O)CC[NH+]2CC[NH+](C)CC2)c(C(=O)OCC)c1C. The van der Waals surface area contributed by atoms with Crippen LogP contribution in [0.3, 0.4) is 0 Å². The Bertz CT molecular complexity index is 711. The smallest absolute Gasteiger partial charge is 0.348 e. The van der Waals surface area contributed by atoms with Crippen LogP contribution in [0.25, 0.3) is 0 Å². The van der Waals surface area contributed by atoms with Crippen LogP contribution in [0, 0.1) is 6.92 Å². The summed E-state index contributed by atoms with van der Waals surface area (Å²) < 4.78 is 10.2. The lowest BCUT2D eigenvalue weighted by atomic mass is 10.1. The van der Waals surface area contributed by atoms with Gasteiger partial charge in [-0.25, -0.2) is 9.59 Å². The second-order valence-electron chi connectivity index (χ2n) is 6.96. The van der Waals surface area contributed by atoms with Gasteiger partial charge in [0, 0.05) is 0 Å². The van der Waals surface area contributed by atoms with Crippen molar-refractivity contribution in [3.05, 3.63) is 16.0 Å². The van der Waals surface area contributed by atoms with E-state index in [1.807, 2.05) is 0 Å². The van der Waals surface area contributed by atoms with Crippen molar-refractivity contribution in [2.45, 2.75) is 27.2 Å². The number of anilines is 1. The molecule has 156 valence electrons. The Morgan fingerprint density at radius 3 is 2.25 bits per heavy atom. The summed E-state index contributed by atoms with van der Waals surface area (Å²) in [6.07, 6.45) is 0.363. The van der Waals surface area contributed by atoms with Gasteiger partial charge in [0.05, 0.1) is 38.8 Å². The third-order valence-electron chi connectivity index (χ3n) is 4.86. The molecule has 0 atom stereocenters. The number of hydrogen-bond acceptors (Lipinski definition) is 6. The van der Waals surface area contributed by atoms with Crippen molar-refractivity contribution in [3.63, 3.8) is 0 Å². The zero-order valence-corrected chi connectivity index (χ0v) is 17.9. The Balaban J connectivity index is 2.09. The standard InChI is InChI=1S/C19H29N3O5S/c1-5-26-18(24)15-13(3)16(19(25)27-6-2)28-17(15)20-14(23)7-8-22-11-9-21(4)10-12-22/h5-12H2,1-4H3,(H,20,23)/p+2. The van der Waals surface area contributed by atoms with Gasteiger partial charge in [-0.15, -0.1) is 11.3 Å². The summed E-state index contributed by atoms with van der Waals surface area (Å²) in [6.45, 7) is 10.6. The molecular weight excluding hydrogens is 382 g/mol. The second-order valence-corrected chi connectivity index (χ2v) is 7.98. The van der Waals surface area contributed by atoms with Crippen LogP contribution >= 0.6 is 11.3 Å². The molecule has 1 saturated heterocycles. The Morgan fingerprint density at radius 2 is 1.64 bits per heavy atom. The number of amides is 1. The van der Waals surface area contributed by atoms with Gasteiger partial charge < -0.3 is 24.6 Å². The summed E-state index contributed by atoms with van der Waals surface area (Å²) in [5.41, 5.74) is 0.712. The molecule has 1 fully saturated rings. The highest BCUT2D eigenvalue weighted by atomic mass is 32.1. The minimum atomic E-state index is -0.547. The molecule has 0 bridgehead atoms. The zero-order chi connectivity index (χ0) is 20.7.